The van der Waals surface area contributed by atoms with E-state index >= 15 is 0 Å². The monoisotopic (exact) mass is 484 g/mol. The molecule has 172 valence electrons. The molecule has 1 aliphatic heterocycles. The van der Waals surface area contributed by atoms with Crippen LogP contribution in [0.5, 0.6) is 11.5 Å². The lowest BCUT2D eigenvalue weighted by molar-refractivity contribution is -0.139. The van der Waals surface area contributed by atoms with Crippen LogP contribution in [-0.4, -0.2) is 31.4 Å². The normalized spacial score (nSPS) is 15.8. The van der Waals surface area contributed by atoms with E-state index in [1.165, 1.54) is 11.3 Å². The SMILES string of the molecule is CCOC(=O)C1=C(C)N=c2sc(=Cc3sccc3C)c(=O)n2[C@@H]1c1ccc(OC)c(OC)c1. The van der Waals surface area contributed by atoms with Crippen molar-refractivity contribution in [1.29, 1.82) is 0 Å². The molecule has 0 radical (unpaired) electrons. The number of hydrogen-bond acceptors (Lipinski definition) is 8. The summed E-state index contributed by atoms with van der Waals surface area (Å²) in [6.45, 7) is 5.74. The maximum absolute atomic E-state index is 13.6. The van der Waals surface area contributed by atoms with Crippen LogP contribution in [0.1, 0.15) is 35.9 Å². The zero-order valence-corrected chi connectivity index (χ0v) is 20.6. The number of thiophene rings is 1. The van der Waals surface area contributed by atoms with Crippen LogP contribution in [-0.2, 0) is 9.53 Å². The van der Waals surface area contributed by atoms with Crippen molar-refractivity contribution in [2.45, 2.75) is 26.8 Å². The second kappa shape index (κ2) is 9.36. The molecule has 3 aromatic rings. The third-order valence-electron chi connectivity index (χ3n) is 5.40. The second-order valence-corrected chi connectivity index (χ2v) is 9.34. The summed E-state index contributed by atoms with van der Waals surface area (Å²) in [5.74, 6) is 0.561. The van der Waals surface area contributed by atoms with Crippen LogP contribution >= 0.6 is 22.7 Å². The van der Waals surface area contributed by atoms with E-state index in [0.29, 0.717) is 37.7 Å². The Hall–Kier alpha value is -3.17. The highest BCUT2D eigenvalue weighted by Gasteiger charge is 2.33. The van der Waals surface area contributed by atoms with Crippen molar-refractivity contribution in [1.82, 2.24) is 4.57 Å². The molecule has 9 heteroatoms. The number of benzene rings is 1. The number of methoxy groups -OCH3 is 2. The van der Waals surface area contributed by atoms with Crippen molar-refractivity contribution in [2.24, 2.45) is 4.99 Å². The number of esters is 1. The van der Waals surface area contributed by atoms with Gasteiger partial charge in [-0.15, -0.1) is 11.3 Å². The van der Waals surface area contributed by atoms with Gasteiger partial charge in [0.2, 0.25) is 0 Å². The van der Waals surface area contributed by atoms with Gasteiger partial charge in [0.1, 0.15) is 0 Å². The van der Waals surface area contributed by atoms with Crippen molar-refractivity contribution < 1.29 is 19.0 Å². The highest BCUT2D eigenvalue weighted by molar-refractivity contribution is 7.11. The smallest absolute Gasteiger partial charge is 0.338 e. The largest absolute Gasteiger partial charge is 0.493 e. The highest BCUT2D eigenvalue weighted by Crippen LogP contribution is 2.36. The first kappa shape index (κ1) is 23.0. The predicted octanol–water partition coefficient (Wildman–Crippen LogP) is 3.19. The molecule has 0 amide bonds. The number of nitrogens with zero attached hydrogens (tertiary/aromatic N) is 2. The van der Waals surface area contributed by atoms with Crippen LogP contribution in [0.4, 0.5) is 0 Å². The number of allylic oxidation sites excluding steroid dienone is 1. The number of ether oxygens (including phenoxy) is 3. The van der Waals surface area contributed by atoms with Crippen LogP contribution in [0.3, 0.4) is 0 Å². The summed E-state index contributed by atoms with van der Waals surface area (Å²) in [5.41, 5.74) is 2.44. The zero-order valence-electron chi connectivity index (χ0n) is 19.0. The Labute approximate surface area is 198 Å². The summed E-state index contributed by atoms with van der Waals surface area (Å²) in [5, 5.41) is 1.99. The van der Waals surface area contributed by atoms with Crippen LogP contribution in [0.2, 0.25) is 0 Å². The molecule has 0 saturated heterocycles. The Morgan fingerprint density at radius 2 is 1.94 bits per heavy atom. The number of aryl methyl sites for hydroxylation is 1. The predicted molar refractivity (Wildman–Crippen MR) is 129 cm³/mol. The average molecular weight is 485 g/mol. The van der Waals surface area contributed by atoms with Gasteiger partial charge < -0.3 is 14.2 Å². The van der Waals surface area contributed by atoms with E-state index in [-0.39, 0.29) is 12.2 Å². The van der Waals surface area contributed by atoms with Gasteiger partial charge >= 0.3 is 5.97 Å². The molecule has 4 rings (SSSR count). The van der Waals surface area contributed by atoms with Crippen molar-refractivity contribution in [3.05, 3.63) is 76.6 Å². The molecule has 2 aromatic heterocycles. The second-order valence-electron chi connectivity index (χ2n) is 7.38. The van der Waals surface area contributed by atoms with Crippen molar-refractivity contribution in [3.8, 4) is 11.5 Å². The summed E-state index contributed by atoms with van der Waals surface area (Å²) in [4.78, 5) is 32.7. The van der Waals surface area contributed by atoms with E-state index in [9.17, 15) is 9.59 Å². The van der Waals surface area contributed by atoms with Gasteiger partial charge in [-0.25, -0.2) is 9.79 Å². The van der Waals surface area contributed by atoms with E-state index in [2.05, 4.69) is 4.99 Å². The molecule has 0 aliphatic carbocycles. The van der Waals surface area contributed by atoms with Gasteiger partial charge in [-0.3, -0.25) is 9.36 Å². The molecule has 7 nitrogen and oxygen atoms in total. The molecule has 3 heterocycles. The Balaban J connectivity index is 1.99. The molecule has 1 aliphatic rings. The molecule has 0 bridgehead atoms. The molecule has 0 spiro atoms. The van der Waals surface area contributed by atoms with E-state index in [4.69, 9.17) is 14.2 Å². The Morgan fingerprint density at radius 1 is 1.18 bits per heavy atom. The van der Waals surface area contributed by atoms with E-state index in [1.807, 2.05) is 30.5 Å². The van der Waals surface area contributed by atoms with Gasteiger partial charge in [0.05, 0.1) is 42.7 Å². The molecular weight excluding hydrogens is 460 g/mol. The molecule has 0 unspecified atom stereocenters. The number of fused-ring (bicyclic) bond motifs is 1. The molecular formula is C24H24N2O5S2. The lowest BCUT2D eigenvalue weighted by Gasteiger charge is -2.25. The number of hydrogen-bond donors (Lipinski definition) is 0. The van der Waals surface area contributed by atoms with Gasteiger partial charge in [-0.1, -0.05) is 17.4 Å². The first-order valence-electron chi connectivity index (χ1n) is 10.3. The average Bonchev–Trinajstić information content (AvgIpc) is 3.34. The fourth-order valence-electron chi connectivity index (χ4n) is 3.78. The van der Waals surface area contributed by atoms with Crippen molar-refractivity contribution in [3.63, 3.8) is 0 Å². The summed E-state index contributed by atoms with van der Waals surface area (Å²) in [7, 11) is 3.10. The summed E-state index contributed by atoms with van der Waals surface area (Å²) < 4.78 is 18.3. The molecule has 0 fully saturated rings. The molecule has 33 heavy (non-hydrogen) atoms. The maximum atomic E-state index is 13.6. The standard InChI is InChI=1S/C24H24N2O5S2/c1-6-31-23(28)20-14(3)25-24-26(21(20)15-7-8-16(29-4)17(11-15)30-5)22(27)19(33-24)12-18-13(2)9-10-32-18/h7-12,21H,6H2,1-5H3/t21-/m1/s1. The van der Waals surface area contributed by atoms with E-state index in [0.717, 1.165) is 10.4 Å². The summed E-state index contributed by atoms with van der Waals surface area (Å²) in [6.07, 6.45) is 1.89. The van der Waals surface area contributed by atoms with E-state index in [1.54, 1.807) is 56.1 Å². The highest BCUT2D eigenvalue weighted by atomic mass is 32.1. The molecule has 0 saturated carbocycles. The Kier molecular flexibility index (Phi) is 6.53. The first-order chi connectivity index (χ1) is 15.9. The number of aromatic nitrogens is 1. The number of thiazole rings is 1. The summed E-state index contributed by atoms with van der Waals surface area (Å²) in [6, 6.07) is 6.68. The minimum Gasteiger partial charge on any atom is -0.493 e. The van der Waals surface area contributed by atoms with Crippen molar-refractivity contribution >= 4 is 34.7 Å². The van der Waals surface area contributed by atoms with Crippen LogP contribution in [0.25, 0.3) is 6.08 Å². The third-order valence-corrected chi connectivity index (χ3v) is 7.35. The minimum absolute atomic E-state index is 0.208. The minimum atomic E-state index is -0.702. The fraction of sp³-hybridized carbons (Fsp3) is 0.292. The van der Waals surface area contributed by atoms with Gasteiger partial charge in [0.25, 0.3) is 5.56 Å². The number of rotatable bonds is 6. The van der Waals surface area contributed by atoms with Crippen LogP contribution < -0.4 is 24.4 Å². The van der Waals surface area contributed by atoms with E-state index < -0.39 is 12.0 Å². The Bertz CT molecular complexity index is 1430. The van der Waals surface area contributed by atoms with Gasteiger partial charge in [0.15, 0.2) is 16.3 Å². The van der Waals surface area contributed by atoms with Crippen LogP contribution in [0, 0.1) is 6.92 Å². The Morgan fingerprint density at radius 3 is 2.58 bits per heavy atom. The van der Waals surface area contributed by atoms with Gasteiger partial charge in [-0.2, -0.15) is 0 Å². The lowest BCUT2D eigenvalue weighted by atomic mass is 9.95. The molecule has 1 aromatic carbocycles. The van der Waals surface area contributed by atoms with Crippen molar-refractivity contribution in [2.75, 3.05) is 20.8 Å². The maximum Gasteiger partial charge on any atom is 0.338 e. The topological polar surface area (TPSA) is 79.1 Å². The molecule has 0 N–H and O–H groups in total. The van der Waals surface area contributed by atoms with Gasteiger partial charge in [0, 0.05) is 4.88 Å². The zero-order chi connectivity index (χ0) is 23.7. The fourth-order valence-corrected chi connectivity index (χ4v) is 5.74. The number of carbonyl (C=O) groups excluding carboxylic acids is 1. The van der Waals surface area contributed by atoms with Gasteiger partial charge in [-0.05, 0) is 61.6 Å². The third kappa shape index (κ3) is 4.14. The lowest BCUT2D eigenvalue weighted by Crippen LogP contribution is -2.39. The first-order valence-corrected chi connectivity index (χ1v) is 12.0. The quantitative estimate of drug-likeness (QED) is 0.502. The number of carbonyl (C=O) groups is 1. The van der Waals surface area contributed by atoms with Crippen LogP contribution in [0.15, 0.2) is 50.7 Å². The summed E-state index contributed by atoms with van der Waals surface area (Å²) >= 11 is 2.88. The molecule has 1 atom stereocenters.